The van der Waals surface area contributed by atoms with Gasteiger partial charge in [-0.05, 0) is 31.1 Å². The van der Waals surface area contributed by atoms with Crippen LogP contribution in [0, 0.1) is 11.8 Å². The molecular weight excluding hydrogens is 124 g/mol. The van der Waals surface area contributed by atoms with Gasteiger partial charge in [0.15, 0.2) is 0 Å². The molecule has 0 radical (unpaired) electrons. The van der Waals surface area contributed by atoms with E-state index in [1.165, 1.54) is 25.7 Å². The lowest BCUT2D eigenvalue weighted by Crippen LogP contribution is -2.29. The lowest BCUT2D eigenvalue weighted by molar-refractivity contribution is 0.0457. The average molecular weight is 140 g/mol. The average Bonchev–Trinajstić information content (AvgIpc) is 1.85. The van der Waals surface area contributed by atoms with Crippen molar-refractivity contribution in [3.05, 3.63) is 0 Å². The molecule has 0 spiro atoms. The first-order chi connectivity index (χ1) is 4.84. The number of aliphatic hydroxyl groups excluding tert-OH is 1. The van der Waals surface area contributed by atoms with Gasteiger partial charge >= 0.3 is 0 Å². The maximum atomic E-state index is 9.42. The van der Waals surface area contributed by atoms with Gasteiger partial charge in [-0.1, -0.05) is 19.3 Å². The summed E-state index contributed by atoms with van der Waals surface area (Å²) in [5, 5.41) is 9.42. The van der Waals surface area contributed by atoms with E-state index in [1.807, 2.05) is 0 Å². The minimum atomic E-state index is 0.0454. The molecule has 0 amide bonds. The van der Waals surface area contributed by atoms with E-state index in [2.05, 4.69) is 0 Å². The van der Waals surface area contributed by atoms with Crippen LogP contribution in [0.5, 0.6) is 0 Å². The highest BCUT2D eigenvalue weighted by Gasteiger charge is 2.30. The van der Waals surface area contributed by atoms with Crippen LogP contribution in [0.25, 0.3) is 0 Å². The van der Waals surface area contributed by atoms with Crippen molar-refractivity contribution in [1.82, 2.24) is 0 Å². The number of hydrogen-bond acceptors (Lipinski definition) is 1. The predicted octanol–water partition coefficient (Wildman–Crippen LogP) is 1.95. The first-order valence-electron chi connectivity index (χ1n) is 4.52. The Bertz CT molecular complexity index is 106. The summed E-state index contributed by atoms with van der Waals surface area (Å²) >= 11 is 0. The minimum absolute atomic E-state index is 0.0454. The van der Waals surface area contributed by atoms with E-state index in [0.717, 1.165) is 24.7 Å². The zero-order valence-corrected chi connectivity index (χ0v) is 6.42. The first kappa shape index (κ1) is 6.66. The first-order valence-corrected chi connectivity index (χ1v) is 4.52. The van der Waals surface area contributed by atoms with E-state index in [4.69, 9.17) is 0 Å². The Morgan fingerprint density at radius 3 is 2.10 bits per heavy atom. The third kappa shape index (κ3) is 1.20. The van der Waals surface area contributed by atoms with Crippen LogP contribution in [0.3, 0.4) is 0 Å². The molecule has 2 fully saturated rings. The third-order valence-electron chi connectivity index (χ3n) is 3.10. The quantitative estimate of drug-likeness (QED) is 0.545. The summed E-state index contributed by atoms with van der Waals surface area (Å²) in [7, 11) is 0. The summed E-state index contributed by atoms with van der Waals surface area (Å²) in [6, 6.07) is 0. The molecule has 1 N–H and O–H groups in total. The Hall–Kier alpha value is -0.0400. The van der Waals surface area contributed by atoms with Crippen molar-refractivity contribution in [2.24, 2.45) is 11.8 Å². The molecule has 2 aliphatic rings. The van der Waals surface area contributed by atoms with Gasteiger partial charge in [0.2, 0.25) is 0 Å². The summed E-state index contributed by atoms with van der Waals surface area (Å²) in [4.78, 5) is 0. The maximum absolute atomic E-state index is 9.42. The van der Waals surface area contributed by atoms with Gasteiger partial charge in [0.25, 0.3) is 0 Å². The van der Waals surface area contributed by atoms with Crippen LogP contribution in [0.15, 0.2) is 0 Å². The van der Waals surface area contributed by atoms with Crippen molar-refractivity contribution >= 4 is 0 Å². The fraction of sp³-hybridized carbons (Fsp3) is 1.00. The largest absolute Gasteiger partial charge is 0.393 e. The standard InChI is InChI=1S/C9H16O/c10-9-5-7-2-1-3-8(4-7)6-9/h7-10H,1-6H2/t7-,8-/m1/s1. The predicted molar refractivity (Wildman–Crippen MR) is 40.7 cm³/mol. The van der Waals surface area contributed by atoms with E-state index < -0.39 is 0 Å². The molecule has 0 saturated heterocycles. The molecule has 0 aromatic carbocycles. The summed E-state index contributed by atoms with van der Waals surface area (Å²) in [6.45, 7) is 0. The van der Waals surface area contributed by atoms with E-state index >= 15 is 0 Å². The van der Waals surface area contributed by atoms with Crippen LogP contribution in [0.4, 0.5) is 0 Å². The van der Waals surface area contributed by atoms with Gasteiger partial charge in [-0.3, -0.25) is 0 Å². The van der Waals surface area contributed by atoms with Crippen LogP contribution in [0.1, 0.15) is 38.5 Å². The third-order valence-corrected chi connectivity index (χ3v) is 3.10. The lowest BCUT2D eigenvalue weighted by Gasteiger charge is -2.36. The van der Waals surface area contributed by atoms with Crippen LogP contribution < -0.4 is 0 Å². The van der Waals surface area contributed by atoms with Gasteiger partial charge in [0, 0.05) is 0 Å². The van der Waals surface area contributed by atoms with Gasteiger partial charge in [0.1, 0.15) is 0 Å². The second kappa shape index (κ2) is 2.54. The zero-order chi connectivity index (χ0) is 6.97. The molecule has 10 heavy (non-hydrogen) atoms. The van der Waals surface area contributed by atoms with E-state index in [9.17, 15) is 5.11 Å². The van der Waals surface area contributed by atoms with Crippen molar-refractivity contribution in [3.8, 4) is 0 Å². The molecule has 2 bridgehead atoms. The molecule has 2 saturated carbocycles. The van der Waals surface area contributed by atoms with Crippen LogP contribution >= 0.6 is 0 Å². The summed E-state index contributed by atoms with van der Waals surface area (Å²) in [6.07, 6.45) is 7.83. The topological polar surface area (TPSA) is 20.2 Å². The molecule has 2 rings (SSSR count). The number of rotatable bonds is 0. The normalized spacial score (nSPS) is 47.1. The van der Waals surface area contributed by atoms with Gasteiger partial charge in [0.05, 0.1) is 6.10 Å². The monoisotopic (exact) mass is 140 g/mol. The SMILES string of the molecule is OC1C[C@@H]2CCC[C@@H](C1)C2. The Labute approximate surface area is 62.4 Å². The van der Waals surface area contributed by atoms with Crippen molar-refractivity contribution in [2.75, 3.05) is 0 Å². The molecule has 1 nitrogen and oxygen atoms in total. The van der Waals surface area contributed by atoms with Crippen LogP contribution in [0.2, 0.25) is 0 Å². The number of hydrogen-bond donors (Lipinski definition) is 1. The van der Waals surface area contributed by atoms with E-state index in [-0.39, 0.29) is 6.10 Å². The van der Waals surface area contributed by atoms with Crippen LogP contribution in [-0.2, 0) is 0 Å². The Morgan fingerprint density at radius 1 is 0.900 bits per heavy atom. The molecule has 0 unspecified atom stereocenters. The highest BCUT2D eigenvalue weighted by Crippen LogP contribution is 2.39. The lowest BCUT2D eigenvalue weighted by atomic mass is 9.71. The van der Waals surface area contributed by atoms with Gasteiger partial charge < -0.3 is 5.11 Å². The molecular formula is C9H16O. The van der Waals surface area contributed by atoms with Gasteiger partial charge in [-0.15, -0.1) is 0 Å². The van der Waals surface area contributed by atoms with Gasteiger partial charge in [-0.25, -0.2) is 0 Å². The maximum Gasteiger partial charge on any atom is 0.0545 e. The molecule has 0 heterocycles. The Morgan fingerprint density at radius 2 is 1.50 bits per heavy atom. The fourth-order valence-corrected chi connectivity index (χ4v) is 2.70. The Balaban J connectivity index is 1.98. The summed E-state index contributed by atoms with van der Waals surface area (Å²) in [5.41, 5.74) is 0. The second-order valence-electron chi connectivity index (χ2n) is 4.02. The molecule has 0 aromatic heterocycles. The molecule has 58 valence electrons. The van der Waals surface area contributed by atoms with E-state index in [0.29, 0.717) is 0 Å². The van der Waals surface area contributed by atoms with E-state index in [1.54, 1.807) is 0 Å². The smallest absolute Gasteiger partial charge is 0.0545 e. The van der Waals surface area contributed by atoms with Gasteiger partial charge in [-0.2, -0.15) is 0 Å². The molecule has 0 aromatic rings. The molecule has 0 aliphatic heterocycles. The van der Waals surface area contributed by atoms with Crippen LogP contribution in [-0.4, -0.2) is 11.2 Å². The second-order valence-corrected chi connectivity index (χ2v) is 4.02. The van der Waals surface area contributed by atoms with Crippen molar-refractivity contribution in [1.29, 1.82) is 0 Å². The van der Waals surface area contributed by atoms with Crippen molar-refractivity contribution in [2.45, 2.75) is 44.6 Å². The number of fused-ring (bicyclic) bond motifs is 2. The Kier molecular flexibility index (Phi) is 1.69. The fourth-order valence-electron chi connectivity index (χ4n) is 2.70. The summed E-state index contributed by atoms with van der Waals surface area (Å²) < 4.78 is 0. The molecule has 2 atom stereocenters. The molecule has 2 aliphatic carbocycles. The number of aliphatic hydroxyl groups is 1. The minimum Gasteiger partial charge on any atom is -0.393 e. The zero-order valence-electron chi connectivity index (χ0n) is 6.42. The summed E-state index contributed by atoms with van der Waals surface area (Å²) in [5.74, 6) is 1.75. The highest BCUT2D eigenvalue weighted by atomic mass is 16.3. The van der Waals surface area contributed by atoms with Crippen molar-refractivity contribution < 1.29 is 5.11 Å². The van der Waals surface area contributed by atoms with Crippen molar-refractivity contribution in [3.63, 3.8) is 0 Å². The molecule has 1 heteroatoms. The highest BCUT2D eigenvalue weighted by molar-refractivity contribution is 4.82.